The van der Waals surface area contributed by atoms with Crippen LogP contribution in [0.3, 0.4) is 0 Å². The van der Waals surface area contributed by atoms with E-state index < -0.39 is 0 Å². The van der Waals surface area contributed by atoms with Gasteiger partial charge in [0.25, 0.3) is 0 Å². The Labute approximate surface area is 91.1 Å². The zero-order valence-electron chi connectivity index (χ0n) is 9.08. The third kappa shape index (κ3) is 2.23. The third-order valence-corrected chi connectivity index (χ3v) is 3.73. The van der Waals surface area contributed by atoms with Gasteiger partial charge in [-0.05, 0) is 55.6 Å². The average Bonchev–Trinajstić information content (AvgIpc) is 3.12. The number of aryl methyl sites for hydroxylation is 1. The minimum atomic E-state index is -0.296. The molecule has 1 heteroatoms. The molecule has 1 nitrogen and oxygen atoms in total. The largest absolute Gasteiger partial charge is 0.390 e. The molecule has 1 N–H and O–H groups in total. The molecule has 2 fully saturated rings. The standard InChI is InChI=1S/C14H18O/c15-14(9-10-14)8-7-11-1-3-12(4-2-11)13-5-6-13/h1-4,13,15H,5-10H2. The van der Waals surface area contributed by atoms with Gasteiger partial charge in [0.15, 0.2) is 0 Å². The number of aliphatic hydroxyl groups is 1. The molecule has 0 unspecified atom stereocenters. The van der Waals surface area contributed by atoms with Gasteiger partial charge < -0.3 is 5.11 Å². The maximum atomic E-state index is 9.74. The summed E-state index contributed by atoms with van der Waals surface area (Å²) >= 11 is 0. The summed E-state index contributed by atoms with van der Waals surface area (Å²) in [6.07, 6.45) is 6.73. The van der Waals surface area contributed by atoms with Crippen molar-refractivity contribution in [1.82, 2.24) is 0 Å². The normalized spacial score (nSPS) is 22.7. The first kappa shape index (κ1) is 9.41. The summed E-state index contributed by atoms with van der Waals surface area (Å²) in [6.45, 7) is 0. The van der Waals surface area contributed by atoms with Crippen LogP contribution in [0.25, 0.3) is 0 Å². The molecule has 0 bridgehead atoms. The molecule has 0 spiro atoms. The lowest BCUT2D eigenvalue weighted by Crippen LogP contribution is -2.07. The second-order valence-electron chi connectivity index (χ2n) is 5.24. The number of hydrogen-bond acceptors (Lipinski definition) is 1. The molecule has 2 saturated carbocycles. The second-order valence-corrected chi connectivity index (χ2v) is 5.24. The highest BCUT2D eigenvalue weighted by Gasteiger charge is 2.39. The van der Waals surface area contributed by atoms with Gasteiger partial charge in [-0.25, -0.2) is 0 Å². The Bertz CT molecular complexity index is 344. The van der Waals surface area contributed by atoms with Crippen LogP contribution in [-0.2, 0) is 6.42 Å². The lowest BCUT2D eigenvalue weighted by molar-refractivity contribution is 0.140. The summed E-state index contributed by atoms with van der Waals surface area (Å²) in [5, 5.41) is 9.74. The Kier molecular flexibility index (Phi) is 2.10. The SMILES string of the molecule is OC1(CCc2ccc(C3CC3)cc2)CC1. The van der Waals surface area contributed by atoms with E-state index in [1.807, 2.05) is 0 Å². The van der Waals surface area contributed by atoms with Crippen LogP contribution in [0.4, 0.5) is 0 Å². The van der Waals surface area contributed by atoms with E-state index in [1.54, 1.807) is 0 Å². The Hall–Kier alpha value is -0.820. The van der Waals surface area contributed by atoms with E-state index >= 15 is 0 Å². The fourth-order valence-corrected chi connectivity index (χ4v) is 2.14. The lowest BCUT2D eigenvalue weighted by atomic mass is 10.0. The molecular formula is C14H18O. The third-order valence-electron chi connectivity index (χ3n) is 3.73. The predicted molar refractivity (Wildman–Crippen MR) is 60.9 cm³/mol. The molecule has 0 aromatic heterocycles. The first-order valence-corrected chi connectivity index (χ1v) is 6.06. The van der Waals surface area contributed by atoms with Crippen molar-refractivity contribution in [3.05, 3.63) is 35.4 Å². The minimum Gasteiger partial charge on any atom is -0.390 e. The van der Waals surface area contributed by atoms with Crippen LogP contribution >= 0.6 is 0 Å². The van der Waals surface area contributed by atoms with Crippen LogP contribution < -0.4 is 0 Å². The fraction of sp³-hybridized carbons (Fsp3) is 0.571. The maximum Gasteiger partial charge on any atom is 0.0653 e. The van der Waals surface area contributed by atoms with E-state index in [4.69, 9.17) is 0 Å². The van der Waals surface area contributed by atoms with Crippen LogP contribution in [0.1, 0.15) is 49.1 Å². The van der Waals surface area contributed by atoms with E-state index in [0.717, 1.165) is 31.6 Å². The molecule has 0 aliphatic heterocycles. The summed E-state index contributed by atoms with van der Waals surface area (Å²) in [6, 6.07) is 9.01. The van der Waals surface area contributed by atoms with Crippen molar-refractivity contribution < 1.29 is 5.11 Å². The summed E-state index contributed by atoms with van der Waals surface area (Å²) in [5.41, 5.74) is 2.58. The van der Waals surface area contributed by atoms with Crippen molar-refractivity contribution in [2.45, 2.75) is 50.0 Å². The van der Waals surface area contributed by atoms with Gasteiger partial charge in [-0.2, -0.15) is 0 Å². The fourth-order valence-electron chi connectivity index (χ4n) is 2.14. The number of benzene rings is 1. The number of hydrogen-bond donors (Lipinski definition) is 1. The lowest BCUT2D eigenvalue weighted by Gasteiger charge is -2.07. The van der Waals surface area contributed by atoms with E-state index in [2.05, 4.69) is 24.3 Å². The van der Waals surface area contributed by atoms with Gasteiger partial charge in [-0.15, -0.1) is 0 Å². The van der Waals surface area contributed by atoms with Crippen LogP contribution in [0, 0.1) is 0 Å². The van der Waals surface area contributed by atoms with Gasteiger partial charge >= 0.3 is 0 Å². The summed E-state index contributed by atoms with van der Waals surface area (Å²) in [4.78, 5) is 0. The minimum absolute atomic E-state index is 0.296. The zero-order valence-corrected chi connectivity index (χ0v) is 9.08. The first-order chi connectivity index (χ1) is 7.25. The van der Waals surface area contributed by atoms with E-state index in [-0.39, 0.29) is 5.60 Å². The molecule has 0 radical (unpaired) electrons. The topological polar surface area (TPSA) is 20.2 Å². The molecule has 15 heavy (non-hydrogen) atoms. The van der Waals surface area contributed by atoms with Gasteiger partial charge in [-0.3, -0.25) is 0 Å². The van der Waals surface area contributed by atoms with E-state index in [1.165, 1.54) is 24.0 Å². The van der Waals surface area contributed by atoms with Crippen molar-refractivity contribution in [1.29, 1.82) is 0 Å². The molecule has 3 rings (SSSR count). The van der Waals surface area contributed by atoms with Crippen LogP contribution in [0.5, 0.6) is 0 Å². The predicted octanol–water partition coefficient (Wildman–Crippen LogP) is 3.02. The smallest absolute Gasteiger partial charge is 0.0653 e. The molecule has 80 valence electrons. The molecule has 0 heterocycles. The van der Waals surface area contributed by atoms with Crippen molar-refractivity contribution in [2.24, 2.45) is 0 Å². The zero-order chi connectivity index (χ0) is 10.3. The highest BCUT2D eigenvalue weighted by Crippen LogP contribution is 2.41. The molecule has 1 aromatic carbocycles. The van der Waals surface area contributed by atoms with Crippen molar-refractivity contribution in [3.63, 3.8) is 0 Å². The second kappa shape index (κ2) is 3.34. The molecular weight excluding hydrogens is 184 g/mol. The first-order valence-electron chi connectivity index (χ1n) is 6.06. The van der Waals surface area contributed by atoms with Crippen LogP contribution in [-0.4, -0.2) is 10.7 Å². The van der Waals surface area contributed by atoms with Gasteiger partial charge in [0.1, 0.15) is 0 Å². The van der Waals surface area contributed by atoms with E-state index in [0.29, 0.717) is 0 Å². The molecule has 2 aliphatic rings. The molecule has 0 amide bonds. The van der Waals surface area contributed by atoms with Crippen molar-refractivity contribution >= 4 is 0 Å². The molecule has 0 atom stereocenters. The molecule has 0 saturated heterocycles. The van der Waals surface area contributed by atoms with Crippen LogP contribution in [0.2, 0.25) is 0 Å². The van der Waals surface area contributed by atoms with Gasteiger partial charge in [0, 0.05) is 0 Å². The number of rotatable bonds is 4. The highest BCUT2D eigenvalue weighted by atomic mass is 16.3. The Morgan fingerprint density at radius 2 is 1.80 bits per heavy atom. The monoisotopic (exact) mass is 202 g/mol. The summed E-state index contributed by atoms with van der Waals surface area (Å²) < 4.78 is 0. The van der Waals surface area contributed by atoms with Crippen molar-refractivity contribution in [3.8, 4) is 0 Å². The Morgan fingerprint density at radius 1 is 1.13 bits per heavy atom. The van der Waals surface area contributed by atoms with Gasteiger partial charge in [0.05, 0.1) is 5.60 Å². The summed E-state index contributed by atoms with van der Waals surface area (Å²) in [5.74, 6) is 0.853. The van der Waals surface area contributed by atoms with Gasteiger partial charge in [-0.1, -0.05) is 24.3 Å². The Morgan fingerprint density at radius 3 is 2.33 bits per heavy atom. The maximum absolute atomic E-state index is 9.74. The molecule has 2 aliphatic carbocycles. The average molecular weight is 202 g/mol. The summed E-state index contributed by atoms with van der Waals surface area (Å²) in [7, 11) is 0. The molecule has 1 aromatic rings. The van der Waals surface area contributed by atoms with Gasteiger partial charge in [0.2, 0.25) is 0 Å². The highest BCUT2D eigenvalue weighted by molar-refractivity contribution is 5.28. The Balaban J connectivity index is 1.60. The quantitative estimate of drug-likeness (QED) is 0.795. The van der Waals surface area contributed by atoms with Crippen molar-refractivity contribution in [2.75, 3.05) is 0 Å². The van der Waals surface area contributed by atoms with Crippen LogP contribution in [0.15, 0.2) is 24.3 Å². The van der Waals surface area contributed by atoms with E-state index in [9.17, 15) is 5.11 Å².